The molecule has 8 heteroatoms. The number of anilines is 1. The van der Waals surface area contributed by atoms with Crippen LogP contribution >= 0.6 is 22.7 Å². The van der Waals surface area contributed by atoms with Crippen molar-refractivity contribution in [3.05, 3.63) is 76.6 Å². The van der Waals surface area contributed by atoms with Crippen LogP contribution in [-0.2, 0) is 0 Å². The number of hydrogen-bond donors (Lipinski definition) is 1. The first-order valence-corrected chi connectivity index (χ1v) is 10.6. The van der Waals surface area contributed by atoms with Crippen molar-refractivity contribution >= 4 is 44.6 Å². The molecule has 6 nitrogen and oxygen atoms in total. The van der Waals surface area contributed by atoms with E-state index in [0.29, 0.717) is 22.9 Å². The summed E-state index contributed by atoms with van der Waals surface area (Å²) in [4.78, 5) is 31.4. The number of thiophene rings is 2. The number of hydrogen-bond acceptors (Lipinski definition) is 7. The van der Waals surface area contributed by atoms with E-state index in [1.807, 2.05) is 52.5 Å². The molecule has 140 valence electrons. The molecule has 0 aliphatic carbocycles. The van der Waals surface area contributed by atoms with Gasteiger partial charge in [0.25, 0.3) is 5.91 Å². The minimum Gasteiger partial charge on any atom is -0.306 e. The summed E-state index contributed by atoms with van der Waals surface area (Å²) in [6.45, 7) is 0. The van der Waals surface area contributed by atoms with Crippen LogP contribution in [0.15, 0.2) is 71.0 Å². The Morgan fingerprint density at radius 2 is 1.90 bits per heavy atom. The van der Waals surface area contributed by atoms with Crippen molar-refractivity contribution < 1.29 is 4.79 Å². The highest BCUT2D eigenvalue weighted by molar-refractivity contribution is 7.16. The zero-order valence-electron chi connectivity index (χ0n) is 14.9. The molecule has 0 radical (unpaired) electrons. The highest BCUT2D eigenvalue weighted by Gasteiger charge is 2.15. The Balaban J connectivity index is 1.46. The number of nitrogens with one attached hydrogen (secondary N) is 1. The second-order valence-electron chi connectivity index (χ2n) is 6.15. The summed E-state index contributed by atoms with van der Waals surface area (Å²) in [5.74, 6) is 0.665. The minimum absolute atomic E-state index is 0.271. The van der Waals surface area contributed by atoms with Crippen LogP contribution in [0.4, 0.5) is 5.82 Å². The Morgan fingerprint density at radius 3 is 2.66 bits per heavy atom. The molecule has 5 aromatic heterocycles. The number of rotatable bonds is 4. The van der Waals surface area contributed by atoms with Crippen LogP contribution in [0.3, 0.4) is 0 Å². The average molecular weight is 416 g/mol. The van der Waals surface area contributed by atoms with Gasteiger partial charge < -0.3 is 5.32 Å². The van der Waals surface area contributed by atoms with Gasteiger partial charge in [-0.15, -0.1) is 11.3 Å². The van der Waals surface area contributed by atoms with Crippen LogP contribution in [0.1, 0.15) is 10.4 Å². The summed E-state index contributed by atoms with van der Waals surface area (Å²) in [5, 5.41) is 9.65. The zero-order chi connectivity index (χ0) is 19.6. The maximum atomic E-state index is 12.8. The lowest BCUT2D eigenvalue weighted by Gasteiger charge is -2.08. The molecular weight excluding hydrogens is 402 g/mol. The van der Waals surface area contributed by atoms with Gasteiger partial charge in [0.1, 0.15) is 16.3 Å². The van der Waals surface area contributed by atoms with Crippen molar-refractivity contribution in [2.24, 2.45) is 0 Å². The minimum atomic E-state index is -0.271. The van der Waals surface area contributed by atoms with E-state index in [9.17, 15) is 4.79 Å². The molecule has 5 heterocycles. The fraction of sp³-hybridized carbons (Fsp3) is 0. The third-order valence-corrected chi connectivity index (χ3v) is 5.78. The Bertz CT molecular complexity index is 1280. The Labute approximate surface area is 174 Å². The summed E-state index contributed by atoms with van der Waals surface area (Å²) in [6, 6.07) is 13.1. The number of carbonyl (C=O) groups excluding carboxylic acids is 1. The van der Waals surface area contributed by atoms with E-state index < -0.39 is 0 Å². The van der Waals surface area contributed by atoms with E-state index in [2.05, 4.69) is 25.3 Å². The molecule has 1 N–H and O–H groups in total. The summed E-state index contributed by atoms with van der Waals surface area (Å²) < 4.78 is 0. The molecule has 5 rings (SSSR count). The number of carbonyl (C=O) groups is 1. The average Bonchev–Trinajstić information content (AvgIpc) is 3.46. The van der Waals surface area contributed by atoms with Crippen LogP contribution < -0.4 is 5.32 Å². The largest absolute Gasteiger partial charge is 0.306 e. The van der Waals surface area contributed by atoms with Crippen molar-refractivity contribution in [1.29, 1.82) is 0 Å². The third kappa shape index (κ3) is 3.51. The van der Waals surface area contributed by atoms with Crippen molar-refractivity contribution in [2.45, 2.75) is 0 Å². The fourth-order valence-electron chi connectivity index (χ4n) is 2.85. The maximum absolute atomic E-state index is 12.8. The Hall–Kier alpha value is -3.49. The van der Waals surface area contributed by atoms with Crippen molar-refractivity contribution in [3.63, 3.8) is 0 Å². The molecule has 0 aliphatic rings. The molecule has 0 fully saturated rings. The van der Waals surface area contributed by atoms with Gasteiger partial charge in [-0.2, -0.15) is 11.3 Å². The lowest BCUT2D eigenvalue weighted by Crippen LogP contribution is -2.14. The highest BCUT2D eigenvalue weighted by Crippen LogP contribution is 2.28. The number of aromatic nitrogens is 4. The molecule has 1 amide bonds. The topological polar surface area (TPSA) is 80.7 Å². The van der Waals surface area contributed by atoms with Crippen LogP contribution in [0.5, 0.6) is 0 Å². The van der Waals surface area contributed by atoms with Crippen LogP contribution in [0.25, 0.3) is 33.0 Å². The molecule has 0 spiro atoms. The standard InChI is InChI=1S/C21H13N5OS2/c27-20(13-4-5-16(23-11-13)14-6-9-28-12-14)25-18-15-7-10-29-21(15)26-19(24-18)17-3-1-2-8-22-17/h1-12H,(H,24,25,26,27). The SMILES string of the molecule is O=C(Nc1nc(-c2ccccn2)nc2sccc12)c1ccc(-c2ccsc2)nc1. The van der Waals surface area contributed by atoms with Gasteiger partial charge in [0, 0.05) is 23.3 Å². The molecule has 0 saturated carbocycles. The van der Waals surface area contributed by atoms with E-state index in [-0.39, 0.29) is 5.91 Å². The smallest absolute Gasteiger partial charge is 0.258 e. The van der Waals surface area contributed by atoms with Gasteiger partial charge in [0.15, 0.2) is 5.82 Å². The summed E-state index contributed by atoms with van der Waals surface area (Å²) in [7, 11) is 0. The quantitative estimate of drug-likeness (QED) is 0.440. The second kappa shape index (κ2) is 7.50. The first-order chi connectivity index (χ1) is 14.3. The Morgan fingerprint density at radius 1 is 0.931 bits per heavy atom. The lowest BCUT2D eigenvalue weighted by atomic mass is 10.2. The van der Waals surface area contributed by atoms with Gasteiger partial charge in [0.2, 0.25) is 0 Å². The molecular formula is C21H13N5OS2. The van der Waals surface area contributed by atoms with Crippen LogP contribution in [-0.4, -0.2) is 25.8 Å². The van der Waals surface area contributed by atoms with Crippen molar-refractivity contribution in [2.75, 3.05) is 5.32 Å². The number of pyridine rings is 2. The molecule has 0 unspecified atom stereocenters. The van der Waals surface area contributed by atoms with Gasteiger partial charge in [0.05, 0.1) is 16.6 Å². The van der Waals surface area contributed by atoms with E-state index in [0.717, 1.165) is 21.5 Å². The molecule has 0 atom stereocenters. The lowest BCUT2D eigenvalue weighted by molar-refractivity contribution is 0.102. The Kier molecular flexibility index (Phi) is 4.55. The van der Waals surface area contributed by atoms with Gasteiger partial charge in [-0.3, -0.25) is 14.8 Å². The summed E-state index contributed by atoms with van der Waals surface area (Å²) >= 11 is 3.10. The van der Waals surface area contributed by atoms with Crippen LogP contribution in [0, 0.1) is 0 Å². The molecule has 5 aromatic rings. The van der Waals surface area contributed by atoms with Gasteiger partial charge in [-0.25, -0.2) is 9.97 Å². The molecule has 0 bridgehead atoms. The van der Waals surface area contributed by atoms with Gasteiger partial charge in [-0.05, 0) is 47.2 Å². The van der Waals surface area contributed by atoms with Crippen LogP contribution in [0.2, 0.25) is 0 Å². The predicted molar refractivity (Wildman–Crippen MR) is 116 cm³/mol. The van der Waals surface area contributed by atoms with E-state index >= 15 is 0 Å². The summed E-state index contributed by atoms with van der Waals surface area (Å²) in [6.07, 6.45) is 3.27. The normalized spacial score (nSPS) is 10.9. The van der Waals surface area contributed by atoms with E-state index in [4.69, 9.17) is 0 Å². The molecule has 0 saturated heterocycles. The third-order valence-electron chi connectivity index (χ3n) is 4.29. The molecule has 29 heavy (non-hydrogen) atoms. The number of fused-ring (bicyclic) bond motifs is 1. The van der Waals surface area contributed by atoms with E-state index in [1.54, 1.807) is 29.8 Å². The second-order valence-corrected chi connectivity index (χ2v) is 7.82. The summed E-state index contributed by atoms with van der Waals surface area (Å²) in [5.41, 5.74) is 2.99. The molecule has 0 aromatic carbocycles. The first-order valence-electron chi connectivity index (χ1n) is 8.74. The van der Waals surface area contributed by atoms with Gasteiger partial charge >= 0.3 is 0 Å². The predicted octanol–water partition coefficient (Wildman–Crippen LogP) is 5.13. The maximum Gasteiger partial charge on any atom is 0.258 e. The molecule has 0 aliphatic heterocycles. The number of nitrogens with zero attached hydrogens (tertiary/aromatic N) is 4. The van der Waals surface area contributed by atoms with Crippen molar-refractivity contribution in [1.82, 2.24) is 19.9 Å². The van der Waals surface area contributed by atoms with E-state index in [1.165, 1.54) is 11.3 Å². The fourth-order valence-corrected chi connectivity index (χ4v) is 4.26. The first kappa shape index (κ1) is 17.6. The monoisotopic (exact) mass is 415 g/mol. The van der Waals surface area contributed by atoms with Crippen molar-refractivity contribution in [3.8, 4) is 22.8 Å². The number of amides is 1. The highest BCUT2D eigenvalue weighted by atomic mass is 32.1. The van der Waals surface area contributed by atoms with Gasteiger partial charge in [-0.1, -0.05) is 6.07 Å². The zero-order valence-corrected chi connectivity index (χ0v) is 16.6.